The van der Waals surface area contributed by atoms with Gasteiger partial charge in [-0.05, 0) is 72.8 Å². The number of ether oxygens (including phenoxy) is 2. The lowest BCUT2D eigenvalue weighted by atomic mass is 10.1. The highest BCUT2D eigenvalue weighted by Gasteiger charge is 2.09. The SMILES string of the molecule is COc1ccc(C(=O)CSc2ccc(NC(=O)c3ccc(OC)cc3)cc2)cc1. The highest BCUT2D eigenvalue weighted by atomic mass is 32.2. The van der Waals surface area contributed by atoms with Crippen LogP contribution in [0.1, 0.15) is 20.7 Å². The van der Waals surface area contributed by atoms with Gasteiger partial charge in [0.15, 0.2) is 5.78 Å². The molecule has 0 radical (unpaired) electrons. The highest BCUT2D eigenvalue weighted by Crippen LogP contribution is 2.22. The summed E-state index contributed by atoms with van der Waals surface area (Å²) in [6.45, 7) is 0. The number of amides is 1. The molecule has 0 aliphatic rings. The number of thioether (sulfide) groups is 1. The lowest BCUT2D eigenvalue weighted by Gasteiger charge is -2.07. The molecular formula is C23H21NO4S. The molecule has 6 heteroatoms. The summed E-state index contributed by atoms with van der Waals surface area (Å²) >= 11 is 1.45. The molecule has 0 aromatic heterocycles. The van der Waals surface area contributed by atoms with E-state index in [-0.39, 0.29) is 11.7 Å². The fourth-order valence-corrected chi connectivity index (χ4v) is 3.38. The molecule has 5 nitrogen and oxygen atoms in total. The van der Waals surface area contributed by atoms with Crippen molar-refractivity contribution in [2.45, 2.75) is 4.90 Å². The second-order valence-corrected chi connectivity index (χ2v) is 7.20. The van der Waals surface area contributed by atoms with Crippen LogP contribution in [-0.2, 0) is 0 Å². The first kappa shape index (κ1) is 20.5. The molecular weight excluding hydrogens is 386 g/mol. The molecule has 0 fully saturated rings. The maximum Gasteiger partial charge on any atom is 0.255 e. The molecule has 3 aromatic rings. The first-order chi connectivity index (χ1) is 14.1. The fraction of sp³-hybridized carbons (Fsp3) is 0.130. The Hall–Kier alpha value is -3.25. The van der Waals surface area contributed by atoms with Crippen molar-refractivity contribution in [3.05, 3.63) is 83.9 Å². The van der Waals surface area contributed by atoms with Gasteiger partial charge >= 0.3 is 0 Å². The summed E-state index contributed by atoms with van der Waals surface area (Å²) in [6.07, 6.45) is 0. The topological polar surface area (TPSA) is 64.6 Å². The Bertz CT molecular complexity index is 967. The van der Waals surface area contributed by atoms with E-state index in [1.807, 2.05) is 24.3 Å². The number of Topliss-reactive ketones (excluding diaryl/α,β-unsaturated/α-hetero) is 1. The van der Waals surface area contributed by atoms with Gasteiger partial charge in [-0.3, -0.25) is 9.59 Å². The molecule has 1 N–H and O–H groups in total. The van der Waals surface area contributed by atoms with E-state index < -0.39 is 0 Å². The van der Waals surface area contributed by atoms with E-state index in [9.17, 15) is 9.59 Å². The number of hydrogen-bond acceptors (Lipinski definition) is 5. The third-order valence-electron chi connectivity index (χ3n) is 4.25. The van der Waals surface area contributed by atoms with Crippen molar-refractivity contribution in [2.75, 3.05) is 25.3 Å². The summed E-state index contributed by atoms with van der Waals surface area (Å²) in [5, 5.41) is 2.86. The first-order valence-corrected chi connectivity index (χ1v) is 9.93. The van der Waals surface area contributed by atoms with Crippen LogP contribution in [0.4, 0.5) is 5.69 Å². The molecule has 0 spiro atoms. The quantitative estimate of drug-likeness (QED) is 0.424. The Balaban J connectivity index is 1.53. The number of hydrogen-bond donors (Lipinski definition) is 1. The number of carbonyl (C=O) groups is 2. The van der Waals surface area contributed by atoms with Crippen molar-refractivity contribution in [1.82, 2.24) is 0 Å². The number of anilines is 1. The average Bonchev–Trinajstić information content (AvgIpc) is 2.78. The van der Waals surface area contributed by atoms with Crippen LogP contribution in [0, 0.1) is 0 Å². The van der Waals surface area contributed by atoms with Crippen molar-refractivity contribution in [2.24, 2.45) is 0 Å². The Labute approximate surface area is 174 Å². The van der Waals surface area contributed by atoms with E-state index >= 15 is 0 Å². The number of benzene rings is 3. The summed E-state index contributed by atoms with van der Waals surface area (Å²) in [4.78, 5) is 25.6. The van der Waals surface area contributed by atoms with Crippen LogP contribution in [0.15, 0.2) is 77.7 Å². The molecule has 0 aliphatic heterocycles. The van der Waals surface area contributed by atoms with Gasteiger partial charge in [0.05, 0.1) is 20.0 Å². The van der Waals surface area contributed by atoms with Crippen LogP contribution in [0.2, 0.25) is 0 Å². The maximum absolute atomic E-state index is 12.3. The predicted octanol–water partition coefficient (Wildman–Crippen LogP) is 4.93. The van der Waals surface area contributed by atoms with Crippen molar-refractivity contribution in [3.8, 4) is 11.5 Å². The van der Waals surface area contributed by atoms with Crippen LogP contribution in [0.3, 0.4) is 0 Å². The second kappa shape index (κ2) is 9.80. The van der Waals surface area contributed by atoms with E-state index in [0.717, 1.165) is 10.6 Å². The van der Waals surface area contributed by atoms with Gasteiger partial charge in [-0.2, -0.15) is 0 Å². The summed E-state index contributed by atoms with van der Waals surface area (Å²) in [5.74, 6) is 1.62. The Morgan fingerprint density at radius 1 is 0.759 bits per heavy atom. The zero-order valence-corrected chi connectivity index (χ0v) is 17.0. The molecule has 0 saturated carbocycles. The average molecular weight is 407 g/mol. The van der Waals surface area contributed by atoms with Crippen molar-refractivity contribution in [3.63, 3.8) is 0 Å². The Morgan fingerprint density at radius 2 is 1.28 bits per heavy atom. The molecule has 0 bridgehead atoms. The van der Waals surface area contributed by atoms with Gasteiger partial charge < -0.3 is 14.8 Å². The molecule has 29 heavy (non-hydrogen) atoms. The lowest BCUT2D eigenvalue weighted by molar-refractivity contribution is 0.101. The Kier molecular flexibility index (Phi) is 6.92. The van der Waals surface area contributed by atoms with E-state index in [4.69, 9.17) is 9.47 Å². The number of ketones is 1. The zero-order valence-electron chi connectivity index (χ0n) is 16.2. The molecule has 0 heterocycles. The highest BCUT2D eigenvalue weighted by molar-refractivity contribution is 8.00. The molecule has 0 unspecified atom stereocenters. The minimum Gasteiger partial charge on any atom is -0.497 e. The smallest absolute Gasteiger partial charge is 0.255 e. The van der Waals surface area contributed by atoms with Crippen LogP contribution >= 0.6 is 11.8 Å². The van der Waals surface area contributed by atoms with E-state index in [1.165, 1.54) is 11.8 Å². The second-order valence-electron chi connectivity index (χ2n) is 6.15. The van der Waals surface area contributed by atoms with E-state index in [2.05, 4.69) is 5.32 Å². The van der Waals surface area contributed by atoms with Crippen molar-refractivity contribution < 1.29 is 19.1 Å². The van der Waals surface area contributed by atoms with Crippen molar-refractivity contribution in [1.29, 1.82) is 0 Å². The van der Waals surface area contributed by atoms with Gasteiger partial charge in [-0.1, -0.05) is 0 Å². The van der Waals surface area contributed by atoms with Gasteiger partial charge in [-0.25, -0.2) is 0 Å². The zero-order chi connectivity index (χ0) is 20.6. The molecule has 0 aliphatic carbocycles. The minimum absolute atomic E-state index is 0.0505. The molecule has 0 saturated heterocycles. The first-order valence-electron chi connectivity index (χ1n) is 8.94. The molecule has 3 aromatic carbocycles. The van der Waals surface area contributed by atoms with Crippen LogP contribution in [0.5, 0.6) is 11.5 Å². The number of rotatable bonds is 8. The van der Waals surface area contributed by atoms with E-state index in [0.29, 0.717) is 28.3 Å². The van der Waals surface area contributed by atoms with Crippen LogP contribution in [-0.4, -0.2) is 31.7 Å². The van der Waals surface area contributed by atoms with E-state index in [1.54, 1.807) is 62.8 Å². The van der Waals surface area contributed by atoms with Gasteiger partial charge in [0, 0.05) is 21.7 Å². The molecule has 1 amide bonds. The van der Waals surface area contributed by atoms with Gasteiger partial charge in [0.1, 0.15) is 11.5 Å². The summed E-state index contributed by atoms with van der Waals surface area (Å²) < 4.78 is 10.2. The third kappa shape index (κ3) is 5.62. The molecule has 148 valence electrons. The summed E-state index contributed by atoms with van der Waals surface area (Å²) in [5.41, 5.74) is 1.90. The van der Waals surface area contributed by atoms with Crippen LogP contribution < -0.4 is 14.8 Å². The van der Waals surface area contributed by atoms with Crippen LogP contribution in [0.25, 0.3) is 0 Å². The standard InChI is InChI=1S/C23H21NO4S/c1-27-19-9-3-16(4-10-19)22(25)15-29-21-13-7-18(8-14-21)24-23(26)17-5-11-20(28-2)12-6-17/h3-14H,15H2,1-2H3,(H,24,26). The fourth-order valence-electron chi connectivity index (χ4n) is 2.59. The maximum atomic E-state index is 12.3. The number of methoxy groups -OCH3 is 2. The number of carbonyl (C=O) groups excluding carboxylic acids is 2. The Morgan fingerprint density at radius 3 is 1.79 bits per heavy atom. The lowest BCUT2D eigenvalue weighted by Crippen LogP contribution is -2.11. The predicted molar refractivity (Wildman–Crippen MR) is 115 cm³/mol. The van der Waals surface area contributed by atoms with Gasteiger partial charge in [0.2, 0.25) is 0 Å². The largest absolute Gasteiger partial charge is 0.497 e. The van der Waals surface area contributed by atoms with Gasteiger partial charge in [0.25, 0.3) is 5.91 Å². The molecule has 0 atom stereocenters. The summed E-state index contributed by atoms with van der Waals surface area (Å²) in [6, 6.07) is 21.4. The minimum atomic E-state index is -0.192. The molecule has 3 rings (SSSR count). The third-order valence-corrected chi connectivity index (χ3v) is 5.26. The normalized spacial score (nSPS) is 10.3. The van der Waals surface area contributed by atoms with Crippen molar-refractivity contribution >= 4 is 29.1 Å². The number of nitrogens with one attached hydrogen (secondary N) is 1. The van der Waals surface area contributed by atoms with Gasteiger partial charge in [-0.15, -0.1) is 11.8 Å². The monoisotopic (exact) mass is 407 g/mol. The summed E-state index contributed by atoms with van der Waals surface area (Å²) in [7, 11) is 3.18.